The van der Waals surface area contributed by atoms with E-state index in [4.69, 9.17) is 22.3 Å². The van der Waals surface area contributed by atoms with Gasteiger partial charge in [-0.05, 0) is 61.7 Å². The van der Waals surface area contributed by atoms with E-state index in [1.165, 1.54) is 18.2 Å². The molecule has 2 amide bonds. The maximum absolute atomic E-state index is 13.5. The van der Waals surface area contributed by atoms with Crippen molar-refractivity contribution in [2.45, 2.75) is 38.3 Å². The highest BCUT2D eigenvalue weighted by molar-refractivity contribution is 6.31. The Morgan fingerprint density at radius 3 is 2.43 bits per heavy atom. The number of anilines is 1. The summed E-state index contributed by atoms with van der Waals surface area (Å²) in [5.41, 5.74) is 6.32. The van der Waals surface area contributed by atoms with Gasteiger partial charge in [-0.2, -0.15) is 13.2 Å². The minimum Gasteiger partial charge on any atom is -0.366 e. The van der Waals surface area contributed by atoms with Crippen molar-refractivity contribution in [1.29, 1.82) is 0 Å². The summed E-state index contributed by atoms with van der Waals surface area (Å²) in [6, 6.07) is 12.8. The van der Waals surface area contributed by atoms with Crippen LogP contribution in [0.1, 0.15) is 57.4 Å². The summed E-state index contributed by atoms with van der Waals surface area (Å²) in [4.78, 5) is 30.2. The predicted octanol–water partition coefficient (Wildman–Crippen LogP) is 6.41. The number of fused-ring (bicyclic) bond motifs is 1. The molecule has 37 heavy (non-hydrogen) atoms. The van der Waals surface area contributed by atoms with Crippen molar-refractivity contribution >= 4 is 40.1 Å². The molecule has 0 saturated heterocycles. The molecule has 10 heteroatoms. The van der Waals surface area contributed by atoms with Crippen molar-refractivity contribution in [1.82, 2.24) is 9.55 Å². The van der Waals surface area contributed by atoms with Crippen LogP contribution in [0.5, 0.6) is 0 Å². The number of alkyl halides is 3. The van der Waals surface area contributed by atoms with Crippen molar-refractivity contribution in [3.63, 3.8) is 0 Å². The number of halogens is 4. The molecule has 0 aliphatic heterocycles. The van der Waals surface area contributed by atoms with Gasteiger partial charge in [-0.1, -0.05) is 36.7 Å². The largest absolute Gasteiger partial charge is 0.417 e. The van der Waals surface area contributed by atoms with Crippen LogP contribution in [0.4, 0.5) is 18.9 Å². The lowest BCUT2D eigenvalue weighted by atomic mass is 10.1. The van der Waals surface area contributed by atoms with E-state index in [-0.39, 0.29) is 16.7 Å². The van der Waals surface area contributed by atoms with Crippen LogP contribution < -0.4 is 11.1 Å². The van der Waals surface area contributed by atoms with E-state index in [0.29, 0.717) is 21.9 Å². The van der Waals surface area contributed by atoms with E-state index < -0.39 is 29.1 Å². The van der Waals surface area contributed by atoms with Crippen molar-refractivity contribution in [3.05, 3.63) is 87.7 Å². The topological polar surface area (TPSA) is 90.0 Å². The van der Waals surface area contributed by atoms with Gasteiger partial charge in [0.2, 0.25) is 0 Å². The van der Waals surface area contributed by atoms with Gasteiger partial charge in [0.1, 0.15) is 11.3 Å². The first-order valence-corrected chi connectivity index (χ1v) is 11.9. The Morgan fingerprint density at radius 2 is 1.78 bits per heavy atom. The number of carbonyl (C=O) groups excluding carboxylic acids is 2. The summed E-state index contributed by atoms with van der Waals surface area (Å²) in [7, 11) is 0. The van der Waals surface area contributed by atoms with Crippen LogP contribution >= 0.6 is 11.6 Å². The quantitative estimate of drug-likeness (QED) is 0.315. The van der Waals surface area contributed by atoms with Crippen LogP contribution in [-0.4, -0.2) is 21.4 Å². The van der Waals surface area contributed by atoms with Gasteiger partial charge < -0.3 is 11.1 Å². The zero-order valence-electron chi connectivity index (χ0n) is 19.9. The Balaban J connectivity index is 1.71. The molecule has 0 spiro atoms. The first-order chi connectivity index (χ1) is 17.4. The van der Waals surface area contributed by atoms with Gasteiger partial charge in [-0.25, -0.2) is 4.98 Å². The van der Waals surface area contributed by atoms with Crippen molar-refractivity contribution in [2.24, 2.45) is 5.73 Å². The Labute approximate surface area is 215 Å². The standard InChI is InChI=1S/C27H22ClF3N4O2/c1-14-19(28)8-5-9-20(14)35-21-13-15(33-24(37)16-6-3-4-7-18(16)27(29,30)31)12-17(23(32)36)22(21)34-25(35)26(2)10-11-26/h3-9,12-13H,10-11H2,1-2H3,(H2,32,36)(H,33,37). The Kier molecular flexibility index (Phi) is 5.79. The lowest BCUT2D eigenvalue weighted by Crippen LogP contribution is -2.19. The molecule has 0 radical (unpaired) electrons. The molecule has 1 saturated carbocycles. The first-order valence-electron chi connectivity index (χ1n) is 11.5. The number of nitrogens with one attached hydrogen (secondary N) is 1. The average molecular weight is 527 g/mol. The van der Waals surface area contributed by atoms with Crippen LogP contribution in [0.2, 0.25) is 5.02 Å². The third-order valence-corrected chi connectivity index (χ3v) is 7.19. The molecule has 1 fully saturated rings. The smallest absolute Gasteiger partial charge is 0.366 e. The van der Waals surface area contributed by atoms with E-state index in [9.17, 15) is 22.8 Å². The van der Waals surface area contributed by atoms with Crippen LogP contribution in [0.15, 0.2) is 54.6 Å². The fraction of sp³-hybridized carbons (Fsp3) is 0.222. The fourth-order valence-electron chi connectivity index (χ4n) is 4.46. The van der Waals surface area contributed by atoms with E-state index >= 15 is 0 Å². The molecule has 1 aliphatic rings. The van der Waals surface area contributed by atoms with Gasteiger partial charge >= 0.3 is 6.18 Å². The molecule has 1 aliphatic carbocycles. The van der Waals surface area contributed by atoms with E-state index in [1.54, 1.807) is 18.2 Å². The Bertz CT molecular complexity index is 1590. The van der Waals surface area contributed by atoms with Crippen LogP contribution in [0, 0.1) is 6.92 Å². The number of amides is 2. The SMILES string of the molecule is Cc1c(Cl)cccc1-n1c(C2(C)CC2)nc2c(C(N)=O)cc(NC(=O)c3ccccc3C(F)(F)F)cc21. The maximum Gasteiger partial charge on any atom is 0.417 e. The zero-order valence-corrected chi connectivity index (χ0v) is 20.7. The number of hydrogen-bond acceptors (Lipinski definition) is 3. The minimum absolute atomic E-state index is 0.0424. The summed E-state index contributed by atoms with van der Waals surface area (Å²) < 4.78 is 42.4. The highest BCUT2D eigenvalue weighted by atomic mass is 35.5. The predicted molar refractivity (Wildman–Crippen MR) is 135 cm³/mol. The fourth-order valence-corrected chi connectivity index (χ4v) is 4.63. The Hall–Kier alpha value is -3.85. The first kappa shape index (κ1) is 24.8. The molecule has 4 aromatic rings. The number of rotatable bonds is 5. The second kappa shape index (κ2) is 8.62. The molecule has 0 atom stereocenters. The summed E-state index contributed by atoms with van der Waals surface area (Å²) in [5, 5.41) is 3.05. The average Bonchev–Trinajstić information content (AvgIpc) is 3.47. The van der Waals surface area contributed by atoms with Crippen molar-refractivity contribution in [2.75, 3.05) is 5.32 Å². The normalized spacial score (nSPS) is 14.5. The third kappa shape index (κ3) is 4.33. The van der Waals surface area contributed by atoms with Gasteiger partial charge in [-0.3, -0.25) is 14.2 Å². The van der Waals surface area contributed by atoms with E-state index in [0.717, 1.165) is 36.2 Å². The monoisotopic (exact) mass is 526 g/mol. The van der Waals surface area contributed by atoms with E-state index in [1.807, 2.05) is 17.6 Å². The summed E-state index contributed by atoms with van der Waals surface area (Å²) in [6.07, 6.45) is -2.94. The number of aromatic nitrogens is 2. The molecule has 190 valence electrons. The molecular weight excluding hydrogens is 505 g/mol. The molecule has 0 bridgehead atoms. The molecule has 3 aromatic carbocycles. The lowest BCUT2D eigenvalue weighted by molar-refractivity contribution is -0.137. The molecule has 5 rings (SSSR count). The maximum atomic E-state index is 13.5. The summed E-state index contributed by atoms with van der Waals surface area (Å²) in [6.45, 7) is 3.92. The number of benzene rings is 3. The number of imidazole rings is 1. The second-order valence-electron chi connectivity index (χ2n) is 9.47. The number of nitrogens with two attached hydrogens (primary N) is 1. The number of primary amides is 1. The van der Waals surface area contributed by atoms with Crippen molar-refractivity contribution in [3.8, 4) is 5.69 Å². The van der Waals surface area contributed by atoms with E-state index in [2.05, 4.69) is 12.2 Å². The van der Waals surface area contributed by atoms with Gasteiger partial charge in [-0.15, -0.1) is 0 Å². The van der Waals surface area contributed by atoms with Gasteiger partial charge in [0.25, 0.3) is 11.8 Å². The Morgan fingerprint density at radius 1 is 1.08 bits per heavy atom. The highest BCUT2D eigenvalue weighted by Crippen LogP contribution is 2.49. The number of carbonyl (C=O) groups is 2. The molecule has 3 N–H and O–H groups in total. The molecule has 0 unspecified atom stereocenters. The molecule has 1 heterocycles. The highest BCUT2D eigenvalue weighted by Gasteiger charge is 2.44. The van der Waals surface area contributed by atoms with Crippen LogP contribution in [0.25, 0.3) is 16.7 Å². The summed E-state index contributed by atoms with van der Waals surface area (Å²) in [5.74, 6) is -1.04. The number of nitrogens with zero attached hydrogens (tertiary/aromatic N) is 2. The molecular formula is C27H22ClF3N4O2. The minimum atomic E-state index is -4.71. The lowest BCUT2D eigenvalue weighted by Gasteiger charge is -2.17. The van der Waals surface area contributed by atoms with Crippen LogP contribution in [0.3, 0.4) is 0 Å². The van der Waals surface area contributed by atoms with Gasteiger partial charge in [0.05, 0.1) is 27.9 Å². The summed E-state index contributed by atoms with van der Waals surface area (Å²) >= 11 is 6.41. The molecule has 1 aromatic heterocycles. The number of hydrogen-bond donors (Lipinski definition) is 2. The van der Waals surface area contributed by atoms with Crippen molar-refractivity contribution < 1.29 is 22.8 Å². The zero-order chi connectivity index (χ0) is 26.7. The molecule has 6 nitrogen and oxygen atoms in total. The van der Waals surface area contributed by atoms with Gasteiger partial charge in [0, 0.05) is 16.1 Å². The second-order valence-corrected chi connectivity index (χ2v) is 9.88. The van der Waals surface area contributed by atoms with Gasteiger partial charge in [0.15, 0.2) is 0 Å². The van der Waals surface area contributed by atoms with Crippen LogP contribution in [-0.2, 0) is 11.6 Å². The third-order valence-electron chi connectivity index (χ3n) is 6.78.